The number of benzene rings is 1. The van der Waals surface area contributed by atoms with E-state index < -0.39 is 12.6 Å². The Morgan fingerprint density at radius 1 is 1.09 bits per heavy atom. The minimum absolute atomic E-state index is 0.120. The van der Waals surface area contributed by atoms with Crippen LogP contribution in [0.2, 0.25) is 0 Å². The molecule has 4 rings (SSSR count). The van der Waals surface area contributed by atoms with Gasteiger partial charge in [-0.15, -0.1) is 0 Å². The van der Waals surface area contributed by atoms with E-state index in [-0.39, 0.29) is 36.0 Å². The number of nitrogens with one attached hydrogen (secondary N) is 1. The summed E-state index contributed by atoms with van der Waals surface area (Å²) in [7, 11) is 0. The first kappa shape index (κ1) is 22.0. The highest BCUT2D eigenvalue weighted by Gasteiger charge is 2.25. The summed E-state index contributed by atoms with van der Waals surface area (Å²) >= 11 is 0. The molecule has 1 aliphatic heterocycles. The topological polar surface area (TPSA) is 124 Å². The van der Waals surface area contributed by atoms with Crippen LogP contribution in [-0.4, -0.2) is 39.9 Å². The summed E-state index contributed by atoms with van der Waals surface area (Å²) in [5.74, 6) is -0.297. The van der Waals surface area contributed by atoms with E-state index in [1.165, 1.54) is 24.3 Å². The number of rotatable bonds is 6. The summed E-state index contributed by atoms with van der Waals surface area (Å²) in [5.41, 5.74) is 5.02. The number of ketones is 1. The van der Waals surface area contributed by atoms with Crippen molar-refractivity contribution in [2.45, 2.75) is 33.6 Å². The van der Waals surface area contributed by atoms with Gasteiger partial charge >= 0.3 is 5.97 Å². The lowest BCUT2D eigenvalue weighted by atomic mass is 10.1. The van der Waals surface area contributed by atoms with Crippen molar-refractivity contribution < 1.29 is 28.4 Å². The second kappa shape index (κ2) is 8.73. The lowest BCUT2D eigenvalue weighted by Crippen LogP contribution is -2.50. The second-order valence-electron chi connectivity index (χ2n) is 7.73. The number of esters is 1. The van der Waals surface area contributed by atoms with E-state index in [0.29, 0.717) is 28.5 Å². The molecule has 0 saturated carbocycles. The number of carbonyl (C=O) groups is 4. The Bertz CT molecular complexity index is 1250. The fourth-order valence-electron chi connectivity index (χ4n) is 3.68. The van der Waals surface area contributed by atoms with E-state index >= 15 is 0 Å². The first-order valence-corrected chi connectivity index (χ1v) is 10.3. The van der Waals surface area contributed by atoms with Gasteiger partial charge in [-0.1, -0.05) is 5.16 Å². The molecule has 0 radical (unpaired) electrons. The summed E-state index contributed by atoms with van der Waals surface area (Å²) in [6.07, 6.45) is 0.267. The summed E-state index contributed by atoms with van der Waals surface area (Å²) in [5, 5.41) is 5.14. The third kappa shape index (κ3) is 4.40. The average molecular weight is 450 g/mol. The fraction of sp³-hybridized carbons (Fsp3) is 0.261. The molecule has 1 fully saturated rings. The number of Topliss-reactive ketones (excluding diaryl/α,β-unsaturated/α-hetero) is 1. The van der Waals surface area contributed by atoms with Crippen molar-refractivity contribution in [3.8, 4) is 5.82 Å². The molecule has 2 aromatic heterocycles. The van der Waals surface area contributed by atoms with E-state index in [1.807, 2.05) is 6.92 Å². The molecule has 33 heavy (non-hydrogen) atoms. The van der Waals surface area contributed by atoms with Gasteiger partial charge < -0.3 is 9.26 Å². The van der Waals surface area contributed by atoms with E-state index in [1.54, 1.807) is 30.5 Å². The average Bonchev–Trinajstić information content (AvgIpc) is 3.35. The van der Waals surface area contributed by atoms with Crippen LogP contribution >= 0.6 is 0 Å². The number of anilines is 1. The molecule has 0 atom stereocenters. The van der Waals surface area contributed by atoms with Crippen LogP contribution in [0.25, 0.3) is 5.82 Å². The van der Waals surface area contributed by atoms with Gasteiger partial charge in [0.2, 0.25) is 17.6 Å². The highest BCUT2D eigenvalue weighted by molar-refractivity contribution is 6.02. The lowest BCUT2D eigenvalue weighted by Gasteiger charge is -2.27. The third-order valence-electron chi connectivity index (χ3n) is 5.32. The van der Waals surface area contributed by atoms with Gasteiger partial charge in [0.25, 0.3) is 0 Å². The highest BCUT2D eigenvalue weighted by Crippen LogP contribution is 2.22. The maximum Gasteiger partial charge on any atom is 0.338 e. The van der Waals surface area contributed by atoms with Gasteiger partial charge in [-0.3, -0.25) is 24.4 Å². The van der Waals surface area contributed by atoms with Crippen LogP contribution < -0.4 is 10.4 Å². The number of hydrogen-bond acceptors (Lipinski definition) is 7. The molecule has 0 spiro atoms. The van der Waals surface area contributed by atoms with Crippen LogP contribution in [0, 0.1) is 20.8 Å². The predicted molar refractivity (Wildman–Crippen MR) is 116 cm³/mol. The van der Waals surface area contributed by atoms with Crippen LogP contribution in [0.3, 0.4) is 0 Å². The Kier molecular flexibility index (Phi) is 5.82. The van der Waals surface area contributed by atoms with E-state index in [9.17, 15) is 19.2 Å². The van der Waals surface area contributed by atoms with Crippen molar-refractivity contribution in [3.63, 3.8) is 0 Å². The molecule has 170 valence electrons. The molecule has 1 N–H and O–H groups in total. The summed E-state index contributed by atoms with van der Waals surface area (Å²) in [6, 6.07) is 9.46. The van der Waals surface area contributed by atoms with Crippen LogP contribution in [0.5, 0.6) is 0 Å². The summed E-state index contributed by atoms with van der Waals surface area (Å²) < 4.78 is 12.1. The van der Waals surface area contributed by atoms with Gasteiger partial charge in [-0.2, -0.15) is 0 Å². The third-order valence-corrected chi connectivity index (χ3v) is 5.32. The Morgan fingerprint density at radius 3 is 2.48 bits per heavy atom. The zero-order valence-corrected chi connectivity index (χ0v) is 18.4. The van der Waals surface area contributed by atoms with E-state index in [4.69, 9.17) is 9.26 Å². The number of carbonyl (C=O) groups excluding carboxylic acids is 4. The highest BCUT2D eigenvalue weighted by atomic mass is 16.5. The first-order chi connectivity index (χ1) is 15.7. The zero-order chi connectivity index (χ0) is 23.7. The Balaban J connectivity index is 1.41. The monoisotopic (exact) mass is 450 g/mol. The van der Waals surface area contributed by atoms with Crippen LogP contribution in [0.1, 0.15) is 50.7 Å². The van der Waals surface area contributed by atoms with Crippen LogP contribution in [0.15, 0.2) is 40.9 Å². The van der Waals surface area contributed by atoms with Crippen molar-refractivity contribution in [3.05, 3.63) is 64.7 Å². The maximum absolute atomic E-state index is 12.7. The number of aryl methyl sites for hydroxylation is 2. The Morgan fingerprint density at radius 2 is 1.82 bits per heavy atom. The largest absolute Gasteiger partial charge is 0.454 e. The van der Waals surface area contributed by atoms with Gasteiger partial charge in [0.05, 0.1) is 11.3 Å². The lowest BCUT2D eigenvalue weighted by molar-refractivity contribution is -0.130. The number of ether oxygens (including phenoxy) is 1. The second-order valence-corrected chi connectivity index (χ2v) is 7.73. The zero-order valence-electron chi connectivity index (χ0n) is 18.4. The molecule has 1 aliphatic rings. The SMILES string of the molecule is Cc1cc(-n2c(C)cc(C(=O)COC(=O)c3ccc(N4NC(=O)CCC4=O)cc3)c2C)no1. The molecule has 1 saturated heterocycles. The van der Waals surface area contributed by atoms with Gasteiger partial charge in [0.15, 0.2) is 12.4 Å². The van der Waals surface area contributed by atoms with Gasteiger partial charge in [-0.25, -0.2) is 9.80 Å². The molecule has 2 amide bonds. The number of nitrogens with zero attached hydrogens (tertiary/aromatic N) is 3. The molecule has 3 aromatic rings. The number of hydrogen-bond donors (Lipinski definition) is 1. The summed E-state index contributed by atoms with van der Waals surface area (Å²) in [6.45, 7) is 4.98. The molecule has 10 heteroatoms. The van der Waals surface area contributed by atoms with Crippen molar-refractivity contribution in [1.82, 2.24) is 15.1 Å². The number of amides is 2. The Hall–Kier alpha value is -4.21. The predicted octanol–water partition coefficient (Wildman–Crippen LogP) is 2.59. The minimum Gasteiger partial charge on any atom is -0.454 e. The Labute approximate surface area is 189 Å². The molecular weight excluding hydrogens is 428 g/mol. The standard InChI is InChI=1S/C23H22N4O6/c1-13-10-18(15(3)26(13)20-11-14(2)33-25-20)19(28)12-32-23(31)16-4-6-17(7-5-16)27-22(30)9-8-21(29)24-27/h4-7,10-11H,8-9,12H2,1-3H3,(H,24,29). The molecule has 10 nitrogen and oxygen atoms in total. The molecule has 0 aliphatic carbocycles. The smallest absolute Gasteiger partial charge is 0.338 e. The first-order valence-electron chi connectivity index (χ1n) is 10.3. The number of aromatic nitrogens is 2. The fourth-order valence-corrected chi connectivity index (χ4v) is 3.68. The minimum atomic E-state index is -0.676. The normalized spacial score (nSPS) is 13.7. The molecular formula is C23H22N4O6. The quantitative estimate of drug-likeness (QED) is 0.452. The molecule has 1 aromatic carbocycles. The van der Waals surface area contributed by atoms with Crippen LogP contribution in [0.4, 0.5) is 5.69 Å². The van der Waals surface area contributed by atoms with Crippen molar-refractivity contribution >= 4 is 29.3 Å². The van der Waals surface area contributed by atoms with Gasteiger partial charge in [0, 0.05) is 35.9 Å². The molecule has 3 heterocycles. The van der Waals surface area contributed by atoms with Gasteiger partial charge in [-0.05, 0) is 51.1 Å². The van der Waals surface area contributed by atoms with Crippen molar-refractivity contribution in [2.24, 2.45) is 0 Å². The molecule has 0 unspecified atom stereocenters. The van der Waals surface area contributed by atoms with Crippen molar-refractivity contribution in [1.29, 1.82) is 0 Å². The number of hydrazine groups is 1. The van der Waals surface area contributed by atoms with E-state index in [2.05, 4.69) is 10.6 Å². The van der Waals surface area contributed by atoms with Gasteiger partial charge in [0.1, 0.15) is 5.76 Å². The summed E-state index contributed by atoms with van der Waals surface area (Å²) in [4.78, 5) is 48.7. The molecule has 0 bridgehead atoms. The van der Waals surface area contributed by atoms with E-state index in [0.717, 1.165) is 10.7 Å². The van der Waals surface area contributed by atoms with Crippen LogP contribution in [-0.2, 0) is 14.3 Å². The van der Waals surface area contributed by atoms with Crippen molar-refractivity contribution in [2.75, 3.05) is 11.6 Å². The maximum atomic E-state index is 12.7.